The molecule has 1 unspecified atom stereocenters. The third-order valence-electron chi connectivity index (χ3n) is 7.63. The number of ether oxygens (including phenoxy) is 2. The minimum atomic E-state index is -0.359. The molecule has 6 heteroatoms. The lowest BCUT2D eigenvalue weighted by molar-refractivity contribution is -0.0348. The van der Waals surface area contributed by atoms with Gasteiger partial charge in [0.1, 0.15) is 6.10 Å². The van der Waals surface area contributed by atoms with Gasteiger partial charge in [-0.1, -0.05) is 38.1 Å². The summed E-state index contributed by atoms with van der Waals surface area (Å²) >= 11 is 0. The Labute approximate surface area is 201 Å². The van der Waals surface area contributed by atoms with Crippen molar-refractivity contribution in [1.82, 2.24) is 10.2 Å². The van der Waals surface area contributed by atoms with Crippen LogP contribution in [-0.4, -0.2) is 42.8 Å². The number of hydrogen-bond acceptors (Lipinski definition) is 4. The molecule has 2 atom stereocenters. The zero-order chi connectivity index (χ0) is 24.0. The van der Waals surface area contributed by atoms with Gasteiger partial charge in [0.2, 0.25) is 0 Å². The van der Waals surface area contributed by atoms with Crippen molar-refractivity contribution in [2.24, 2.45) is 11.3 Å². The molecule has 34 heavy (non-hydrogen) atoms. The lowest BCUT2D eigenvalue weighted by Gasteiger charge is -2.44. The van der Waals surface area contributed by atoms with Crippen LogP contribution >= 0.6 is 0 Å². The predicted octanol–water partition coefficient (Wildman–Crippen LogP) is 5.72. The monoisotopic (exact) mass is 466 g/mol. The van der Waals surface area contributed by atoms with Crippen LogP contribution < -0.4 is 10.1 Å². The van der Waals surface area contributed by atoms with Gasteiger partial charge in [0.15, 0.2) is 11.6 Å². The number of alkyl carbamates (subject to hydrolysis) is 1. The standard InChI is InChI=1S/C28H35FN2O3/c1-17(2)33-24-8-6-20(14-23(24)29)19-5-7-22-21(13-19)15-28(3,4)26(22)30-27(32)34-25-16-31-11-9-18(25)10-12-31/h5-8,13-14,17-18,25-26H,9-12,15-16H2,1-4H3,(H,30,32)/t25-,26?/m1/s1. The van der Waals surface area contributed by atoms with Crippen LogP contribution in [-0.2, 0) is 11.2 Å². The molecule has 2 aromatic rings. The number of hydrogen-bond donors (Lipinski definition) is 1. The first-order chi connectivity index (χ1) is 16.2. The van der Waals surface area contributed by atoms with E-state index in [0.29, 0.717) is 5.92 Å². The quantitative estimate of drug-likeness (QED) is 0.612. The summed E-state index contributed by atoms with van der Waals surface area (Å²) in [5.74, 6) is 0.397. The number of halogens is 1. The molecule has 1 aliphatic carbocycles. The number of carbonyl (C=O) groups is 1. The lowest BCUT2D eigenvalue weighted by atomic mass is 9.85. The number of piperidine rings is 3. The number of amides is 1. The Balaban J connectivity index is 1.31. The van der Waals surface area contributed by atoms with Gasteiger partial charge in [0, 0.05) is 6.54 Å². The normalized spacial score (nSPS) is 26.9. The SMILES string of the molecule is CC(C)Oc1ccc(-c2ccc3c(c2)CC(C)(C)C3NC(=O)O[C@@H]2CN3CCC2CC3)cc1F. The van der Waals surface area contributed by atoms with E-state index >= 15 is 0 Å². The van der Waals surface area contributed by atoms with Gasteiger partial charge < -0.3 is 14.8 Å². The minimum absolute atomic E-state index is 0.00796. The summed E-state index contributed by atoms with van der Waals surface area (Å²) in [6.07, 6.45) is 2.65. The molecule has 4 aliphatic rings. The van der Waals surface area contributed by atoms with Crippen molar-refractivity contribution in [3.05, 3.63) is 53.3 Å². The van der Waals surface area contributed by atoms with E-state index in [0.717, 1.165) is 55.6 Å². The van der Waals surface area contributed by atoms with E-state index in [2.05, 4.69) is 36.2 Å². The van der Waals surface area contributed by atoms with E-state index in [4.69, 9.17) is 9.47 Å². The van der Waals surface area contributed by atoms with E-state index in [1.54, 1.807) is 6.07 Å². The second-order valence-corrected chi connectivity index (χ2v) is 11.0. The molecule has 1 N–H and O–H groups in total. The maximum absolute atomic E-state index is 14.6. The van der Waals surface area contributed by atoms with Crippen LogP contribution in [0, 0.1) is 17.2 Å². The summed E-state index contributed by atoms with van der Waals surface area (Å²) in [6, 6.07) is 11.2. The van der Waals surface area contributed by atoms with E-state index in [9.17, 15) is 9.18 Å². The largest absolute Gasteiger partial charge is 0.488 e. The molecule has 182 valence electrons. The van der Waals surface area contributed by atoms with Gasteiger partial charge in [-0.15, -0.1) is 0 Å². The molecule has 0 saturated carbocycles. The Kier molecular flexibility index (Phi) is 6.05. The van der Waals surface area contributed by atoms with Gasteiger partial charge in [-0.25, -0.2) is 9.18 Å². The first-order valence-corrected chi connectivity index (χ1v) is 12.5. The van der Waals surface area contributed by atoms with E-state index in [1.807, 2.05) is 26.0 Å². The molecule has 3 saturated heterocycles. The van der Waals surface area contributed by atoms with Crippen molar-refractivity contribution in [2.75, 3.05) is 19.6 Å². The lowest BCUT2D eigenvalue weighted by Crippen LogP contribution is -2.53. The maximum atomic E-state index is 14.6. The summed E-state index contributed by atoms with van der Waals surface area (Å²) in [6.45, 7) is 11.2. The Morgan fingerprint density at radius 2 is 1.82 bits per heavy atom. The fourth-order valence-electron chi connectivity index (χ4n) is 5.87. The molecule has 5 nitrogen and oxygen atoms in total. The summed E-state index contributed by atoms with van der Waals surface area (Å²) in [5.41, 5.74) is 3.92. The molecular weight excluding hydrogens is 431 g/mol. The minimum Gasteiger partial charge on any atom is -0.488 e. The zero-order valence-electron chi connectivity index (χ0n) is 20.6. The first-order valence-electron chi connectivity index (χ1n) is 12.5. The molecule has 3 fully saturated rings. The highest BCUT2D eigenvalue weighted by Crippen LogP contribution is 2.46. The van der Waals surface area contributed by atoms with Crippen LogP contribution in [0.4, 0.5) is 9.18 Å². The molecule has 2 aromatic carbocycles. The number of nitrogens with zero attached hydrogens (tertiary/aromatic N) is 1. The van der Waals surface area contributed by atoms with Crippen LogP contribution in [0.2, 0.25) is 0 Å². The summed E-state index contributed by atoms with van der Waals surface area (Å²) in [7, 11) is 0. The molecule has 0 spiro atoms. The number of benzene rings is 2. The zero-order valence-corrected chi connectivity index (χ0v) is 20.6. The predicted molar refractivity (Wildman–Crippen MR) is 130 cm³/mol. The number of rotatable bonds is 5. The molecule has 0 radical (unpaired) electrons. The highest BCUT2D eigenvalue weighted by Gasteiger charge is 2.42. The van der Waals surface area contributed by atoms with Crippen LogP contribution in [0.15, 0.2) is 36.4 Å². The number of carbonyl (C=O) groups excluding carboxylic acids is 1. The summed E-state index contributed by atoms with van der Waals surface area (Å²) < 4.78 is 26.0. The molecule has 3 heterocycles. The van der Waals surface area contributed by atoms with Crippen molar-refractivity contribution in [3.8, 4) is 16.9 Å². The molecule has 3 aliphatic heterocycles. The summed E-state index contributed by atoms with van der Waals surface area (Å²) in [4.78, 5) is 15.3. The third-order valence-corrected chi connectivity index (χ3v) is 7.63. The molecule has 6 rings (SSSR count). The van der Waals surface area contributed by atoms with Crippen LogP contribution in [0.5, 0.6) is 5.75 Å². The Bertz CT molecular complexity index is 1080. The number of nitrogens with one attached hydrogen (secondary N) is 1. The first kappa shape index (κ1) is 23.2. The molecule has 2 bridgehead atoms. The van der Waals surface area contributed by atoms with E-state index < -0.39 is 0 Å². The van der Waals surface area contributed by atoms with Crippen molar-refractivity contribution in [1.29, 1.82) is 0 Å². The van der Waals surface area contributed by atoms with Crippen LogP contribution in [0.3, 0.4) is 0 Å². The molecular formula is C28H35FN2O3. The van der Waals surface area contributed by atoms with Gasteiger partial charge in [-0.05, 0) is 91.9 Å². The topological polar surface area (TPSA) is 50.8 Å². The van der Waals surface area contributed by atoms with Gasteiger partial charge >= 0.3 is 6.09 Å². The van der Waals surface area contributed by atoms with Gasteiger partial charge in [0.05, 0.1) is 12.1 Å². The van der Waals surface area contributed by atoms with E-state index in [-0.39, 0.29) is 41.3 Å². The second kappa shape index (κ2) is 8.88. The maximum Gasteiger partial charge on any atom is 0.407 e. The van der Waals surface area contributed by atoms with Crippen LogP contribution in [0.1, 0.15) is 57.7 Å². The number of fused-ring (bicyclic) bond motifs is 4. The Morgan fingerprint density at radius 3 is 2.47 bits per heavy atom. The highest BCUT2D eigenvalue weighted by molar-refractivity contribution is 5.70. The van der Waals surface area contributed by atoms with Crippen molar-refractivity contribution >= 4 is 6.09 Å². The average molecular weight is 467 g/mol. The van der Waals surface area contributed by atoms with Crippen LogP contribution in [0.25, 0.3) is 11.1 Å². The Morgan fingerprint density at radius 1 is 1.12 bits per heavy atom. The van der Waals surface area contributed by atoms with Crippen molar-refractivity contribution < 1.29 is 18.7 Å². The summed E-state index contributed by atoms with van der Waals surface area (Å²) in [5, 5.41) is 3.17. The van der Waals surface area contributed by atoms with Gasteiger partial charge in [0.25, 0.3) is 0 Å². The van der Waals surface area contributed by atoms with E-state index in [1.165, 1.54) is 11.6 Å². The molecule has 1 amide bonds. The average Bonchev–Trinajstić information content (AvgIpc) is 3.04. The second-order valence-electron chi connectivity index (χ2n) is 11.0. The third kappa shape index (κ3) is 4.52. The van der Waals surface area contributed by atoms with Crippen molar-refractivity contribution in [2.45, 2.75) is 65.2 Å². The smallest absolute Gasteiger partial charge is 0.407 e. The molecule has 0 aromatic heterocycles. The van der Waals surface area contributed by atoms with Gasteiger partial charge in [-0.3, -0.25) is 4.90 Å². The highest BCUT2D eigenvalue weighted by atomic mass is 19.1. The van der Waals surface area contributed by atoms with Gasteiger partial charge in [-0.2, -0.15) is 0 Å². The Hall–Kier alpha value is -2.60. The fraction of sp³-hybridized carbons (Fsp3) is 0.536. The van der Waals surface area contributed by atoms with Crippen molar-refractivity contribution in [3.63, 3.8) is 0 Å². The fourth-order valence-corrected chi connectivity index (χ4v) is 5.87.